The molecule has 3 aromatic carbocycles. The monoisotopic (exact) mass is 388 g/mol. The van der Waals surface area contributed by atoms with Crippen LogP contribution in [0.3, 0.4) is 0 Å². The Kier molecular flexibility index (Phi) is 6.09. The minimum atomic E-state index is 0. The fourth-order valence-corrected chi connectivity index (χ4v) is 4.46. The highest BCUT2D eigenvalue weighted by molar-refractivity contribution is 6.02. The Balaban J connectivity index is 0.000000980. The number of hydrogen-bond acceptors (Lipinski definition) is 2. The van der Waals surface area contributed by atoms with E-state index >= 15 is 0 Å². The molecule has 1 heterocycles. The van der Waals surface area contributed by atoms with Crippen molar-refractivity contribution in [3.63, 3.8) is 0 Å². The Labute approximate surface area is 167 Å². The van der Waals surface area contributed by atoms with E-state index in [0.717, 1.165) is 19.0 Å². The largest absolute Gasteiger partial charge is 0.314 e. The number of benzene rings is 3. The van der Waals surface area contributed by atoms with Crippen LogP contribution in [0.25, 0.3) is 21.5 Å². The molecule has 1 saturated heterocycles. The van der Waals surface area contributed by atoms with E-state index < -0.39 is 0 Å². The van der Waals surface area contributed by atoms with Gasteiger partial charge in [0.2, 0.25) is 0 Å². The molecule has 0 radical (unpaired) electrons. The molecule has 5 rings (SSSR count). The van der Waals surface area contributed by atoms with E-state index in [-0.39, 0.29) is 24.8 Å². The van der Waals surface area contributed by atoms with Crippen LogP contribution in [0.5, 0.6) is 0 Å². The van der Waals surface area contributed by atoms with Crippen LogP contribution in [0.4, 0.5) is 0 Å². The van der Waals surface area contributed by atoms with E-state index in [2.05, 4.69) is 64.8 Å². The first-order chi connectivity index (χ1) is 11.9. The third-order valence-electron chi connectivity index (χ3n) is 5.72. The SMILES string of the molecule is Cl.Cl.c1ccc2c([C@@H](C3CC3)N3CCNCC3)c3ccccc3cc2c1. The topological polar surface area (TPSA) is 15.3 Å². The van der Waals surface area contributed by atoms with Gasteiger partial charge >= 0.3 is 0 Å². The lowest BCUT2D eigenvalue weighted by Gasteiger charge is -2.36. The third-order valence-corrected chi connectivity index (χ3v) is 5.72. The number of hydrogen-bond donors (Lipinski definition) is 1. The minimum Gasteiger partial charge on any atom is -0.314 e. The molecule has 2 aliphatic rings. The van der Waals surface area contributed by atoms with E-state index in [4.69, 9.17) is 0 Å². The maximum absolute atomic E-state index is 3.51. The highest BCUT2D eigenvalue weighted by atomic mass is 35.5. The molecule has 0 spiro atoms. The predicted molar refractivity (Wildman–Crippen MR) is 116 cm³/mol. The molecule has 1 aliphatic carbocycles. The zero-order valence-electron chi connectivity index (χ0n) is 14.9. The lowest BCUT2D eigenvalue weighted by atomic mass is 9.89. The summed E-state index contributed by atoms with van der Waals surface area (Å²) in [5.41, 5.74) is 1.58. The standard InChI is InChI=1S/C22H24N2.2ClH/c1-3-7-19-17(5-1)15-18-6-2-4-8-20(18)21(19)22(16-9-10-16)24-13-11-23-12-14-24;;/h1-8,15-16,22-23H,9-14H2;2*1H/t22-;;/m1../s1. The van der Waals surface area contributed by atoms with Crippen molar-refractivity contribution in [3.05, 3.63) is 60.2 Å². The summed E-state index contributed by atoms with van der Waals surface area (Å²) in [7, 11) is 0. The molecule has 4 heteroatoms. The average molecular weight is 389 g/mol. The fraction of sp³-hybridized carbons (Fsp3) is 0.364. The van der Waals surface area contributed by atoms with Gasteiger partial charge in [-0.1, -0.05) is 48.5 Å². The highest BCUT2D eigenvalue weighted by Gasteiger charge is 2.38. The van der Waals surface area contributed by atoms with E-state index in [1.807, 2.05) is 0 Å². The van der Waals surface area contributed by atoms with Crippen LogP contribution in [-0.4, -0.2) is 31.1 Å². The Morgan fingerprint density at radius 2 is 1.35 bits per heavy atom. The zero-order chi connectivity index (χ0) is 15.9. The molecule has 0 amide bonds. The van der Waals surface area contributed by atoms with Crippen molar-refractivity contribution in [2.24, 2.45) is 5.92 Å². The normalized spacial score (nSPS) is 18.9. The molecule has 1 N–H and O–H groups in total. The van der Waals surface area contributed by atoms with Crippen LogP contribution in [0.15, 0.2) is 54.6 Å². The number of halogens is 2. The molecule has 0 unspecified atom stereocenters. The summed E-state index contributed by atoms with van der Waals surface area (Å²) in [6, 6.07) is 20.8. The molecule has 3 aromatic rings. The van der Waals surface area contributed by atoms with Gasteiger partial charge in [-0.2, -0.15) is 0 Å². The first-order valence-corrected chi connectivity index (χ1v) is 9.27. The highest BCUT2D eigenvalue weighted by Crippen LogP contribution is 2.48. The van der Waals surface area contributed by atoms with Gasteiger partial charge in [0.05, 0.1) is 0 Å². The molecule has 26 heavy (non-hydrogen) atoms. The van der Waals surface area contributed by atoms with Crippen molar-refractivity contribution in [3.8, 4) is 0 Å². The maximum Gasteiger partial charge on any atom is 0.0389 e. The molecular formula is C22H26Cl2N2. The third kappa shape index (κ3) is 3.44. The van der Waals surface area contributed by atoms with Crippen LogP contribution in [0.1, 0.15) is 24.4 Å². The summed E-state index contributed by atoms with van der Waals surface area (Å²) in [6.07, 6.45) is 2.76. The van der Waals surface area contributed by atoms with Gasteiger partial charge in [-0.3, -0.25) is 4.90 Å². The first kappa shape index (κ1) is 19.4. The van der Waals surface area contributed by atoms with Crippen LogP contribution in [0, 0.1) is 5.92 Å². The second-order valence-corrected chi connectivity index (χ2v) is 7.30. The lowest BCUT2D eigenvalue weighted by Crippen LogP contribution is -2.45. The van der Waals surface area contributed by atoms with Gasteiger partial charge in [-0.25, -0.2) is 0 Å². The van der Waals surface area contributed by atoms with Gasteiger partial charge in [-0.15, -0.1) is 24.8 Å². The maximum atomic E-state index is 3.51. The molecule has 1 atom stereocenters. The molecule has 0 aromatic heterocycles. The van der Waals surface area contributed by atoms with Crippen LogP contribution in [-0.2, 0) is 0 Å². The summed E-state index contributed by atoms with van der Waals surface area (Å²) in [6.45, 7) is 4.56. The second kappa shape index (κ2) is 8.14. The van der Waals surface area contributed by atoms with Crippen molar-refractivity contribution in [1.82, 2.24) is 10.2 Å². The Bertz CT molecular complexity index is 832. The van der Waals surface area contributed by atoms with Crippen LogP contribution >= 0.6 is 24.8 Å². The summed E-state index contributed by atoms with van der Waals surface area (Å²) in [5, 5.41) is 9.18. The van der Waals surface area contributed by atoms with Crippen molar-refractivity contribution < 1.29 is 0 Å². The number of fused-ring (bicyclic) bond motifs is 2. The second-order valence-electron chi connectivity index (χ2n) is 7.30. The van der Waals surface area contributed by atoms with Gasteiger partial charge in [0.25, 0.3) is 0 Å². The van der Waals surface area contributed by atoms with E-state index in [9.17, 15) is 0 Å². The van der Waals surface area contributed by atoms with Gasteiger partial charge in [0.1, 0.15) is 0 Å². The molecule has 1 aliphatic heterocycles. The summed E-state index contributed by atoms with van der Waals surface area (Å²) in [5.74, 6) is 0.831. The smallest absolute Gasteiger partial charge is 0.0389 e. The quantitative estimate of drug-likeness (QED) is 0.620. The van der Waals surface area contributed by atoms with E-state index in [0.29, 0.717) is 6.04 Å². The average Bonchev–Trinajstić information content (AvgIpc) is 3.47. The number of piperazine rings is 1. The van der Waals surface area contributed by atoms with Crippen molar-refractivity contribution >= 4 is 46.4 Å². The van der Waals surface area contributed by atoms with Crippen molar-refractivity contribution in [2.75, 3.05) is 26.2 Å². The van der Waals surface area contributed by atoms with Gasteiger partial charge in [0.15, 0.2) is 0 Å². The summed E-state index contributed by atoms with van der Waals surface area (Å²) in [4.78, 5) is 2.74. The first-order valence-electron chi connectivity index (χ1n) is 9.27. The van der Waals surface area contributed by atoms with Crippen LogP contribution in [0.2, 0.25) is 0 Å². The Morgan fingerprint density at radius 3 is 1.88 bits per heavy atom. The van der Waals surface area contributed by atoms with Crippen LogP contribution < -0.4 is 5.32 Å². The summed E-state index contributed by atoms with van der Waals surface area (Å²) >= 11 is 0. The Hall–Kier alpha value is -1.32. The van der Waals surface area contributed by atoms with Crippen molar-refractivity contribution in [1.29, 1.82) is 0 Å². The minimum absolute atomic E-state index is 0. The Morgan fingerprint density at radius 1 is 0.808 bits per heavy atom. The molecule has 1 saturated carbocycles. The zero-order valence-corrected chi connectivity index (χ0v) is 16.5. The lowest BCUT2D eigenvalue weighted by molar-refractivity contribution is 0.158. The fourth-order valence-electron chi connectivity index (χ4n) is 4.46. The van der Waals surface area contributed by atoms with Gasteiger partial charge in [-0.05, 0) is 51.9 Å². The van der Waals surface area contributed by atoms with Gasteiger partial charge in [0, 0.05) is 32.2 Å². The van der Waals surface area contributed by atoms with Crippen molar-refractivity contribution in [2.45, 2.75) is 18.9 Å². The predicted octanol–water partition coefficient (Wildman–Crippen LogP) is 5.19. The van der Waals surface area contributed by atoms with E-state index in [1.54, 1.807) is 5.56 Å². The van der Waals surface area contributed by atoms with Gasteiger partial charge < -0.3 is 5.32 Å². The number of rotatable bonds is 3. The molecule has 138 valence electrons. The number of nitrogens with zero attached hydrogens (tertiary/aromatic N) is 1. The molecule has 0 bridgehead atoms. The van der Waals surface area contributed by atoms with E-state index in [1.165, 1.54) is 47.5 Å². The molecule has 2 fully saturated rings. The molecule has 2 nitrogen and oxygen atoms in total. The summed E-state index contributed by atoms with van der Waals surface area (Å²) < 4.78 is 0. The number of nitrogens with one attached hydrogen (secondary N) is 1. The molecular weight excluding hydrogens is 363 g/mol.